The van der Waals surface area contributed by atoms with E-state index in [0.717, 1.165) is 0 Å². The van der Waals surface area contributed by atoms with Crippen LogP contribution in [0.5, 0.6) is 0 Å². The Morgan fingerprint density at radius 1 is 0.577 bits per heavy atom. The van der Waals surface area contributed by atoms with Gasteiger partial charge in [0.25, 0.3) is 0 Å². The van der Waals surface area contributed by atoms with Crippen molar-refractivity contribution in [2.24, 2.45) is 0 Å². The lowest BCUT2D eigenvalue weighted by Crippen LogP contribution is -2.70. The zero-order valence-corrected chi connectivity index (χ0v) is 12.9. The number of hydrogen-bond donors (Lipinski definition) is 1. The zero-order chi connectivity index (χ0) is 21.2. The summed E-state index contributed by atoms with van der Waals surface area (Å²) >= 11 is 0. The van der Waals surface area contributed by atoms with Crippen molar-refractivity contribution in [1.29, 1.82) is 0 Å². The molecule has 0 aliphatic heterocycles. The molecule has 0 saturated carbocycles. The first-order chi connectivity index (χ1) is 11.3. The summed E-state index contributed by atoms with van der Waals surface area (Å²) in [5.41, 5.74) is 0. The van der Waals surface area contributed by atoms with Gasteiger partial charge in [0.15, 0.2) is 0 Å². The molecule has 0 aliphatic carbocycles. The van der Waals surface area contributed by atoms with Gasteiger partial charge in [-0.05, 0) is 13.0 Å². The van der Waals surface area contributed by atoms with Gasteiger partial charge in [0, 0.05) is 13.0 Å². The van der Waals surface area contributed by atoms with E-state index in [4.69, 9.17) is 0 Å². The van der Waals surface area contributed by atoms with Crippen LogP contribution in [0.4, 0.5) is 57.1 Å². The van der Waals surface area contributed by atoms with Gasteiger partial charge in [0.1, 0.15) is 0 Å². The van der Waals surface area contributed by atoms with Gasteiger partial charge in [-0.1, -0.05) is 13.3 Å². The molecule has 0 amide bonds. The Kier molecular flexibility index (Phi) is 7.31. The van der Waals surface area contributed by atoms with Crippen LogP contribution in [0.3, 0.4) is 0 Å². The van der Waals surface area contributed by atoms with Gasteiger partial charge in [-0.2, -0.15) is 57.1 Å². The first kappa shape index (κ1) is 25.1. The minimum Gasteiger partial charge on any atom is -0.317 e. The van der Waals surface area contributed by atoms with Gasteiger partial charge < -0.3 is 5.32 Å². The van der Waals surface area contributed by atoms with Gasteiger partial charge in [-0.15, -0.1) is 0 Å². The second-order valence-electron chi connectivity index (χ2n) is 5.35. The highest BCUT2D eigenvalue weighted by molar-refractivity contribution is 5.10. The van der Waals surface area contributed by atoms with Gasteiger partial charge in [0.05, 0.1) is 0 Å². The molecule has 0 aliphatic rings. The Morgan fingerprint density at radius 3 is 1.38 bits per heavy atom. The minimum absolute atomic E-state index is 0.0309. The van der Waals surface area contributed by atoms with E-state index in [9.17, 15) is 57.1 Å². The van der Waals surface area contributed by atoms with E-state index in [2.05, 4.69) is 5.32 Å². The maximum Gasteiger partial charge on any atom is 0.460 e. The van der Waals surface area contributed by atoms with E-state index >= 15 is 0 Å². The van der Waals surface area contributed by atoms with Crippen molar-refractivity contribution in [3.8, 4) is 0 Å². The van der Waals surface area contributed by atoms with Crippen molar-refractivity contribution in [2.75, 3.05) is 13.1 Å². The van der Waals surface area contributed by atoms with Crippen LogP contribution in [0, 0.1) is 0 Å². The molecule has 1 nitrogen and oxygen atoms in total. The highest BCUT2D eigenvalue weighted by Crippen LogP contribution is 2.60. The van der Waals surface area contributed by atoms with Crippen molar-refractivity contribution in [3.63, 3.8) is 0 Å². The average Bonchev–Trinajstić information content (AvgIpc) is 2.44. The molecule has 0 atom stereocenters. The van der Waals surface area contributed by atoms with Crippen molar-refractivity contribution < 1.29 is 57.1 Å². The molecule has 1 N–H and O–H groups in total. The Hall–Kier alpha value is -0.950. The Labute approximate surface area is 138 Å². The summed E-state index contributed by atoms with van der Waals surface area (Å²) in [6, 6.07) is 0. The summed E-state index contributed by atoms with van der Waals surface area (Å²) in [5, 5.41) is 2.09. The Bertz CT molecular complexity index is 455. The van der Waals surface area contributed by atoms with E-state index in [1.807, 2.05) is 0 Å². The van der Waals surface area contributed by atoms with Gasteiger partial charge in [0.2, 0.25) is 0 Å². The van der Waals surface area contributed by atoms with Crippen LogP contribution < -0.4 is 5.32 Å². The molecule has 26 heavy (non-hydrogen) atoms. The van der Waals surface area contributed by atoms with Crippen LogP contribution in [0.15, 0.2) is 0 Å². The quantitative estimate of drug-likeness (QED) is 0.364. The third-order valence-electron chi connectivity index (χ3n) is 3.32. The van der Waals surface area contributed by atoms with E-state index in [1.54, 1.807) is 6.92 Å². The molecule has 0 aromatic carbocycles. The lowest BCUT2D eigenvalue weighted by molar-refractivity contribution is -0.440. The summed E-state index contributed by atoms with van der Waals surface area (Å²) in [6.07, 6.45) is -8.70. The second-order valence-corrected chi connectivity index (χ2v) is 5.35. The molecule has 0 aromatic heterocycles. The van der Waals surface area contributed by atoms with E-state index in [0.29, 0.717) is 12.8 Å². The first-order valence-electron chi connectivity index (χ1n) is 6.97. The first-order valence-corrected chi connectivity index (χ1v) is 6.97. The molecule has 0 saturated heterocycles. The summed E-state index contributed by atoms with van der Waals surface area (Å²) in [6.45, 7) is 0.519. The third-order valence-corrected chi connectivity index (χ3v) is 3.32. The molecule has 0 unspecified atom stereocenters. The molecular formula is C12H14F13N. The highest BCUT2D eigenvalue weighted by atomic mass is 19.4. The summed E-state index contributed by atoms with van der Waals surface area (Å²) < 4.78 is 166. The minimum atomic E-state index is -7.83. The Balaban J connectivity index is 5.64. The molecule has 0 spiro atoms. The molecule has 0 fully saturated rings. The number of unbranched alkanes of at least 4 members (excludes halogenated alkanes) is 1. The zero-order valence-electron chi connectivity index (χ0n) is 12.9. The van der Waals surface area contributed by atoms with E-state index in [-0.39, 0.29) is 6.54 Å². The lowest BCUT2D eigenvalue weighted by atomic mass is 9.92. The molecule has 0 bridgehead atoms. The van der Waals surface area contributed by atoms with Crippen LogP contribution in [-0.4, -0.2) is 48.9 Å². The summed E-state index contributed by atoms with van der Waals surface area (Å²) in [7, 11) is 0. The van der Waals surface area contributed by atoms with Crippen molar-refractivity contribution >= 4 is 0 Å². The van der Waals surface area contributed by atoms with Crippen LogP contribution in [-0.2, 0) is 0 Å². The normalized spacial score (nSPS) is 15.5. The molecular weight excluding hydrogens is 405 g/mol. The second kappa shape index (κ2) is 7.58. The van der Waals surface area contributed by atoms with Crippen LogP contribution >= 0.6 is 0 Å². The standard InChI is InChI=1S/C12H14F13N/c1-2-3-5-26-6-4-7(13,14)8(15,16)9(17,18)10(19,20)11(21,22)12(23,24)25/h26H,2-6H2,1H3. The van der Waals surface area contributed by atoms with Crippen LogP contribution in [0.2, 0.25) is 0 Å². The van der Waals surface area contributed by atoms with Crippen LogP contribution in [0.1, 0.15) is 26.2 Å². The van der Waals surface area contributed by atoms with Crippen LogP contribution in [0.25, 0.3) is 0 Å². The Morgan fingerprint density at radius 2 is 1.00 bits per heavy atom. The molecule has 14 heteroatoms. The number of hydrogen-bond acceptors (Lipinski definition) is 1. The number of nitrogens with one attached hydrogen (secondary N) is 1. The average molecular weight is 419 g/mol. The molecule has 0 radical (unpaired) electrons. The number of halogens is 13. The summed E-state index contributed by atoms with van der Waals surface area (Å²) in [4.78, 5) is 0. The third kappa shape index (κ3) is 4.14. The maximum absolute atomic E-state index is 13.3. The van der Waals surface area contributed by atoms with Crippen molar-refractivity contribution in [3.05, 3.63) is 0 Å². The van der Waals surface area contributed by atoms with Gasteiger partial charge >= 0.3 is 35.8 Å². The van der Waals surface area contributed by atoms with E-state index in [1.165, 1.54) is 0 Å². The van der Waals surface area contributed by atoms with Crippen molar-refractivity contribution in [1.82, 2.24) is 5.32 Å². The SMILES string of the molecule is CCCCNCCC(F)(F)C(F)(F)C(F)(F)C(F)(F)C(F)(F)C(F)(F)F. The molecule has 0 rings (SSSR count). The van der Waals surface area contributed by atoms with Gasteiger partial charge in [-0.25, -0.2) is 0 Å². The predicted molar refractivity (Wildman–Crippen MR) is 63.2 cm³/mol. The van der Waals surface area contributed by atoms with Crippen molar-refractivity contribution in [2.45, 2.75) is 62.0 Å². The predicted octanol–water partition coefficient (Wildman–Crippen LogP) is 5.51. The van der Waals surface area contributed by atoms with Gasteiger partial charge in [-0.3, -0.25) is 0 Å². The fourth-order valence-corrected chi connectivity index (χ4v) is 1.63. The lowest BCUT2D eigenvalue weighted by Gasteiger charge is -2.39. The smallest absolute Gasteiger partial charge is 0.317 e. The maximum atomic E-state index is 13.3. The monoisotopic (exact) mass is 419 g/mol. The fourth-order valence-electron chi connectivity index (χ4n) is 1.63. The largest absolute Gasteiger partial charge is 0.460 e. The highest BCUT2D eigenvalue weighted by Gasteiger charge is 2.90. The summed E-state index contributed by atoms with van der Waals surface area (Å²) in [5.74, 6) is -36.4. The molecule has 0 aromatic rings. The number of alkyl halides is 13. The molecule has 0 heterocycles. The van der Waals surface area contributed by atoms with E-state index < -0.39 is 48.8 Å². The number of rotatable bonds is 10. The molecule has 158 valence electrons. The topological polar surface area (TPSA) is 12.0 Å². The fraction of sp³-hybridized carbons (Fsp3) is 1.00.